The van der Waals surface area contributed by atoms with Crippen LogP contribution in [0.3, 0.4) is 0 Å². The monoisotopic (exact) mass is 330 g/mol. The maximum atomic E-state index is 14.1. The Morgan fingerprint density at radius 2 is 2.17 bits per heavy atom. The third-order valence-corrected chi connectivity index (χ3v) is 5.40. The van der Waals surface area contributed by atoms with E-state index in [1.165, 1.54) is 18.1 Å². The normalized spacial score (nSPS) is 17.9. The molecule has 1 spiro atoms. The Kier molecular flexibility index (Phi) is 3.38. The van der Waals surface area contributed by atoms with Gasteiger partial charge in [0.1, 0.15) is 5.82 Å². The van der Waals surface area contributed by atoms with Gasteiger partial charge in [0.2, 0.25) is 5.91 Å². The summed E-state index contributed by atoms with van der Waals surface area (Å²) >= 11 is 5.81. The van der Waals surface area contributed by atoms with Gasteiger partial charge in [0, 0.05) is 18.2 Å². The van der Waals surface area contributed by atoms with Crippen molar-refractivity contribution in [1.82, 2.24) is 4.98 Å². The van der Waals surface area contributed by atoms with Gasteiger partial charge in [-0.3, -0.25) is 9.78 Å². The smallest absolute Gasteiger partial charge is 0.231 e. The van der Waals surface area contributed by atoms with Crippen LogP contribution in [0.4, 0.5) is 10.1 Å². The lowest BCUT2D eigenvalue weighted by atomic mass is 9.66. The van der Waals surface area contributed by atoms with Crippen molar-refractivity contribution in [2.45, 2.75) is 31.1 Å². The Labute approximate surface area is 139 Å². The Morgan fingerprint density at radius 1 is 1.35 bits per heavy atom. The van der Waals surface area contributed by atoms with Crippen molar-refractivity contribution in [3.05, 3.63) is 58.6 Å². The third-order valence-electron chi connectivity index (χ3n) is 5.11. The van der Waals surface area contributed by atoms with Gasteiger partial charge in [-0.25, -0.2) is 4.39 Å². The van der Waals surface area contributed by atoms with Crippen molar-refractivity contribution < 1.29 is 9.18 Å². The van der Waals surface area contributed by atoms with Gasteiger partial charge in [0.15, 0.2) is 0 Å². The summed E-state index contributed by atoms with van der Waals surface area (Å²) in [7, 11) is 0. The molecule has 3 nitrogen and oxygen atoms in total. The third kappa shape index (κ3) is 2.24. The van der Waals surface area contributed by atoms with Gasteiger partial charge in [-0.1, -0.05) is 30.2 Å². The molecule has 1 aromatic heterocycles. The zero-order valence-electron chi connectivity index (χ0n) is 12.6. The molecule has 0 atom stereocenters. The maximum absolute atomic E-state index is 14.1. The Morgan fingerprint density at radius 3 is 2.91 bits per heavy atom. The maximum Gasteiger partial charge on any atom is 0.231 e. The number of pyridine rings is 1. The lowest BCUT2D eigenvalue weighted by Crippen LogP contribution is -2.41. The molecule has 1 aromatic carbocycles. The fourth-order valence-electron chi connectivity index (χ4n) is 3.72. The number of carbonyl (C=O) groups is 1. The van der Waals surface area contributed by atoms with Gasteiger partial charge in [-0.05, 0) is 36.1 Å². The minimum atomic E-state index is -0.508. The van der Waals surface area contributed by atoms with Crippen LogP contribution in [0.2, 0.25) is 5.02 Å². The fraction of sp³-hybridized carbons (Fsp3) is 0.333. The molecule has 0 bridgehead atoms. The number of amides is 1. The summed E-state index contributed by atoms with van der Waals surface area (Å²) in [5.41, 5.74) is 2.50. The number of carbonyl (C=O) groups excluding carboxylic acids is 1. The highest BCUT2D eigenvalue weighted by Crippen LogP contribution is 2.52. The molecule has 1 aliphatic carbocycles. The number of halogens is 2. The summed E-state index contributed by atoms with van der Waals surface area (Å²) in [6, 6.07) is 6.78. The van der Waals surface area contributed by atoms with E-state index in [0.29, 0.717) is 12.1 Å². The van der Waals surface area contributed by atoms with Crippen LogP contribution in [0.25, 0.3) is 0 Å². The first kappa shape index (κ1) is 14.6. The van der Waals surface area contributed by atoms with Crippen molar-refractivity contribution in [3.63, 3.8) is 0 Å². The summed E-state index contributed by atoms with van der Waals surface area (Å²) < 4.78 is 14.1. The molecule has 0 radical (unpaired) electrons. The topological polar surface area (TPSA) is 33.2 Å². The Hall–Kier alpha value is -1.94. The van der Waals surface area contributed by atoms with Gasteiger partial charge in [-0.2, -0.15) is 0 Å². The first-order valence-electron chi connectivity index (χ1n) is 7.78. The lowest BCUT2D eigenvalue weighted by molar-refractivity contribution is -0.118. The predicted octanol–water partition coefficient (Wildman–Crippen LogP) is 3.89. The molecule has 0 unspecified atom stereocenters. The molecular formula is C18H16ClFN2O. The first-order chi connectivity index (χ1) is 11.1. The number of fused-ring (bicyclic) bond motifs is 2. The molecule has 1 fully saturated rings. The largest absolute Gasteiger partial charge is 0.309 e. The zero-order valence-corrected chi connectivity index (χ0v) is 13.3. The van der Waals surface area contributed by atoms with E-state index in [4.69, 9.17) is 11.6 Å². The number of hydrogen-bond acceptors (Lipinski definition) is 2. The Balaban J connectivity index is 1.64. The van der Waals surface area contributed by atoms with Crippen molar-refractivity contribution in [2.75, 3.05) is 11.4 Å². The molecule has 1 amide bonds. The highest BCUT2D eigenvalue weighted by Gasteiger charge is 2.48. The quantitative estimate of drug-likeness (QED) is 0.837. The van der Waals surface area contributed by atoms with Crippen LogP contribution in [-0.2, 0) is 16.6 Å². The van der Waals surface area contributed by atoms with Crippen LogP contribution in [0, 0.1) is 5.82 Å². The second-order valence-electron chi connectivity index (χ2n) is 6.40. The zero-order chi connectivity index (χ0) is 16.0. The van der Waals surface area contributed by atoms with E-state index >= 15 is 0 Å². The summed E-state index contributed by atoms with van der Waals surface area (Å²) in [5.74, 6) is -0.615. The minimum absolute atomic E-state index is 0.0107. The molecule has 0 N–H and O–H groups in total. The van der Waals surface area contributed by atoms with E-state index in [1.54, 1.807) is 29.4 Å². The van der Waals surface area contributed by atoms with Crippen LogP contribution >= 0.6 is 11.6 Å². The standard InChI is InChI=1S/C18H16ClFN2O/c19-14-4-1-3-12(17(14)20)9-16(23)22-11-18(6-2-7-18)13-5-8-21-10-15(13)22/h1,3-5,8,10H,2,6-7,9,11H2. The van der Waals surface area contributed by atoms with E-state index in [1.807, 2.05) is 6.07 Å². The van der Waals surface area contributed by atoms with Crippen LogP contribution in [0.1, 0.15) is 30.4 Å². The molecule has 118 valence electrons. The highest BCUT2D eigenvalue weighted by atomic mass is 35.5. The van der Waals surface area contributed by atoms with E-state index in [-0.39, 0.29) is 22.8 Å². The summed E-state index contributed by atoms with van der Waals surface area (Å²) in [4.78, 5) is 18.7. The second-order valence-corrected chi connectivity index (χ2v) is 6.80. The molecule has 2 heterocycles. The number of nitrogens with zero attached hydrogens (tertiary/aromatic N) is 2. The molecule has 2 aliphatic rings. The fourth-order valence-corrected chi connectivity index (χ4v) is 3.91. The van der Waals surface area contributed by atoms with Crippen molar-refractivity contribution >= 4 is 23.2 Å². The SMILES string of the molecule is O=C(Cc1cccc(Cl)c1F)N1CC2(CCC2)c2ccncc21. The van der Waals surface area contributed by atoms with Gasteiger partial charge in [0.25, 0.3) is 0 Å². The number of anilines is 1. The van der Waals surface area contributed by atoms with E-state index in [2.05, 4.69) is 4.98 Å². The molecular weight excluding hydrogens is 315 g/mol. The van der Waals surface area contributed by atoms with Crippen LogP contribution in [0.15, 0.2) is 36.7 Å². The van der Waals surface area contributed by atoms with E-state index in [0.717, 1.165) is 18.5 Å². The molecule has 0 saturated heterocycles. The van der Waals surface area contributed by atoms with Gasteiger partial charge < -0.3 is 4.90 Å². The van der Waals surface area contributed by atoms with Crippen molar-refractivity contribution in [1.29, 1.82) is 0 Å². The lowest BCUT2D eigenvalue weighted by Gasteiger charge is -2.38. The minimum Gasteiger partial charge on any atom is -0.309 e. The average molecular weight is 331 g/mol. The second kappa shape index (κ2) is 5.31. The van der Waals surface area contributed by atoms with Gasteiger partial charge in [-0.15, -0.1) is 0 Å². The predicted molar refractivity (Wildman–Crippen MR) is 87.2 cm³/mol. The van der Waals surface area contributed by atoms with Crippen LogP contribution in [0.5, 0.6) is 0 Å². The van der Waals surface area contributed by atoms with E-state index < -0.39 is 5.82 Å². The van der Waals surface area contributed by atoms with Crippen LogP contribution < -0.4 is 4.90 Å². The molecule has 2 aromatic rings. The molecule has 1 saturated carbocycles. The van der Waals surface area contributed by atoms with Crippen LogP contribution in [-0.4, -0.2) is 17.4 Å². The van der Waals surface area contributed by atoms with Gasteiger partial charge in [0.05, 0.1) is 23.3 Å². The summed E-state index contributed by atoms with van der Waals surface area (Å²) in [5, 5.41) is 0.0502. The number of aromatic nitrogens is 1. The molecule has 1 aliphatic heterocycles. The summed E-state index contributed by atoms with van der Waals surface area (Å²) in [6.07, 6.45) is 6.92. The van der Waals surface area contributed by atoms with Gasteiger partial charge >= 0.3 is 0 Å². The van der Waals surface area contributed by atoms with E-state index in [9.17, 15) is 9.18 Å². The average Bonchev–Trinajstić information content (AvgIpc) is 2.88. The number of rotatable bonds is 2. The molecule has 23 heavy (non-hydrogen) atoms. The molecule has 4 rings (SSSR count). The molecule has 5 heteroatoms. The number of benzene rings is 1. The highest BCUT2D eigenvalue weighted by molar-refractivity contribution is 6.30. The number of hydrogen-bond donors (Lipinski definition) is 0. The van der Waals surface area contributed by atoms with Crippen molar-refractivity contribution in [2.24, 2.45) is 0 Å². The van der Waals surface area contributed by atoms with Crippen molar-refractivity contribution in [3.8, 4) is 0 Å². The first-order valence-corrected chi connectivity index (χ1v) is 8.16. The Bertz CT molecular complexity index is 788. The summed E-state index contributed by atoms with van der Waals surface area (Å²) in [6.45, 7) is 0.676.